The maximum Gasteiger partial charge on any atom is 0.0949 e. The molecule has 1 aromatic rings. The van der Waals surface area contributed by atoms with Crippen LogP contribution in [0.25, 0.3) is 0 Å². The van der Waals surface area contributed by atoms with Gasteiger partial charge in [0.15, 0.2) is 0 Å². The normalized spacial score (nSPS) is 12.0. The maximum absolute atomic E-state index is 9.16. The average Bonchev–Trinajstić information content (AvgIpc) is 2.64. The fraction of sp³-hybridized carbons (Fsp3) is 0.769. The largest absolute Gasteiger partial charge is 0.390 e. The van der Waals surface area contributed by atoms with Crippen molar-refractivity contribution in [2.45, 2.75) is 59.6 Å². The quantitative estimate of drug-likeness (QED) is 0.723. The van der Waals surface area contributed by atoms with Crippen molar-refractivity contribution >= 4 is 0 Å². The first kappa shape index (κ1) is 13.2. The monoisotopic (exact) mass is 224 g/mol. The maximum atomic E-state index is 9.16. The first-order valence-electron chi connectivity index (χ1n) is 6.19. The van der Waals surface area contributed by atoms with Crippen LogP contribution in [0.2, 0.25) is 0 Å². The van der Waals surface area contributed by atoms with E-state index in [0.717, 1.165) is 12.2 Å². The fourth-order valence-corrected chi connectivity index (χ4v) is 2.02. The molecule has 92 valence electrons. The summed E-state index contributed by atoms with van der Waals surface area (Å²) in [5.41, 5.74) is 1.18. The van der Waals surface area contributed by atoms with Crippen LogP contribution in [0.5, 0.6) is 0 Å². The number of hydrogen-bond acceptors (Lipinski definition) is 2. The van der Waals surface area contributed by atoms with Gasteiger partial charge in [-0.15, -0.1) is 0 Å². The lowest BCUT2D eigenvalue weighted by Gasteiger charge is -2.25. The molecule has 0 spiro atoms. The molecule has 0 atom stereocenters. The van der Waals surface area contributed by atoms with Crippen molar-refractivity contribution in [1.29, 1.82) is 0 Å². The molecule has 0 saturated heterocycles. The van der Waals surface area contributed by atoms with E-state index in [-0.39, 0.29) is 12.0 Å². The van der Waals surface area contributed by atoms with Crippen LogP contribution in [-0.2, 0) is 13.2 Å². The number of rotatable bonds is 7. The summed E-state index contributed by atoms with van der Waals surface area (Å²) in [5.74, 6) is 0. The lowest BCUT2D eigenvalue weighted by Crippen LogP contribution is -2.20. The summed E-state index contributed by atoms with van der Waals surface area (Å²) in [7, 11) is 0. The number of hydrogen-bond donors (Lipinski definition) is 1. The predicted octanol–water partition coefficient (Wildman–Crippen LogP) is 2.98. The van der Waals surface area contributed by atoms with Gasteiger partial charge in [0.2, 0.25) is 0 Å². The Kier molecular flexibility index (Phi) is 5.00. The molecule has 1 rings (SSSR count). The van der Waals surface area contributed by atoms with Crippen molar-refractivity contribution in [1.82, 2.24) is 9.55 Å². The smallest absolute Gasteiger partial charge is 0.0949 e. The Morgan fingerprint density at radius 1 is 1.38 bits per heavy atom. The zero-order valence-electron chi connectivity index (χ0n) is 10.7. The molecule has 0 aromatic carbocycles. The summed E-state index contributed by atoms with van der Waals surface area (Å²) in [4.78, 5) is 4.08. The molecule has 1 N–H and O–H groups in total. The summed E-state index contributed by atoms with van der Waals surface area (Å²) >= 11 is 0. The summed E-state index contributed by atoms with van der Waals surface area (Å²) in [6.45, 7) is 7.80. The second-order valence-corrected chi connectivity index (χ2v) is 5.29. The van der Waals surface area contributed by atoms with Gasteiger partial charge in [-0.3, -0.25) is 0 Å². The first-order valence-corrected chi connectivity index (χ1v) is 6.19. The molecule has 1 aromatic heterocycles. The van der Waals surface area contributed by atoms with E-state index in [1.54, 1.807) is 6.20 Å². The minimum absolute atomic E-state index is 0.0744. The van der Waals surface area contributed by atoms with E-state index in [0.29, 0.717) is 0 Å². The topological polar surface area (TPSA) is 38.0 Å². The van der Waals surface area contributed by atoms with Crippen LogP contribution in [0.1, 0.15) is 52.1 Å². The third kappa shape index (κ3) is 3.97. The van der Waals surface area contributed by atoms with Crippen molar-refractivity contribution in [3.8, 4) is 0 Å². The van der Waals surface area contributed by atoms with E-state index in [1.807, 2.05) is 6.33 Å². The van der Waals surface area contributed by atoms with Gasteiger partial charge in [-0.1, -0.05) is 40.0 Å². The number of aliphatic hydroxyl groups excluding tert-OH is 1. The number of aromatic nitrogens is 2. The standard InChI is InChI=1S/C13H24N2O/c1-4-5-6-7-13(2,3)10-15-11-14-8-12(15)9-16/h8,11,16H,4-7,9-10H2,1-3H3. The van der Waals surface area contributed by atoms with Crippen molar-refractivity contribution in [2.24, 2.45) is 5.41 Å². The van der Waals surface area contributed by atoms with E-state index in [4.69, 9.17) is 5.11 Å². The minimum Gasteiger partial charge on any atom is -0.390 e. The second-order valence-electron chi connectivity index (χ2n) is 5.29. The van der Waals surface area contributed by atoms with Crippen LogP contribution in [0, 0.1) is 5.41 Å². The molecular weight excluding hydrogens is 200 g/mol. The van der Waals surface area contributed by atoms with Crippen molar-refractivity contribution in [3.05, 3.63) is 18.2 Å². The molecule has 0 radical (unpaired) electrons. The zero-order chi connectivity index (χ0) is 12.0. The predicted molar refractivity (Wildman–Crippen MR) is 66.1 cm³/mol. The van der Waals surface area contributed by atoms with Crippen molar-refractivity contribution < 1.29 is 5.11 Å². The van der Waals surface area contributed by atoms with Crippen LogP contribution in [0.4, 0.5) is 0 Å². The summed E-state index contributed by atoms with van der Waals surface area (Å²) in [5, 5.41) is 9.16. The van der Waals surface area contributed by atoms with E-state index < -0.39 is 0 Å². The van der Waals surface area contributed by atoms with Crippen LogP contribution >= 0.6 is 0 Å². The number of unbranched alkanes of at least 4 members (excludes halogenated alkanes) is 2. The van der Waals surface area contributed by atoms with Gasteiger partial charge in [-0.25, -0.2) is 4.98 Å². The third-order valence-corrected chi connectivity index (χ3v) is 3.02. The molecule has 0 saturated carbocycles. The Hall–Kier alpha value is -0.830. The van der Waals surface area contributed by atoms with Gasteiger partial charge >= 0.3 is 0 Å². The second kappa shape index (κ2) is 6.04. The lowest BCUT2D eigenvalue weighted by atomic mass is 9.87. The van der Waals surface area contributed by atoms with E-state index in [2.05, 4.69) is 30.3 Å². The summed E-state index contributed by atoms with van der Waals surface area (Å²) < 4.78 is 2.06. The van der Waals surface area contributed by atoms with E-state index >= 15 is 0 Å². The SMILES string of the molecule is CCCCCC(C)(C)Cn1cncc1CO. The minimum atomic E-state index is 0.0744. The molecule has 1 heterocycles. The highest BCUT2D eigenvalue weighted by molar-refractivity contribution is 4.97. The Morgan fingerprint density at radius 3 is 2.75 bits per heavy atom. The van der Waals surface area contributed by atoms with Crippen LogP contribution in [0.15, 0.2) is 12.5 Å². The molecule has 3 heteroatoms. The van der Waals surface area contributed by atoms with Crippen molar-refractivity contribution in [2.75, 3.05) is 0 Å². The van der Waals surface area contributed by atoms with Gasteiger partial charge in [-0.05, 0) is 11.8 Å². The van der Waals surface area contributed by atoms with Crippen molar-refractivity contribution in [3.63, 3.8) is 0 Å². The molecule has 16 heavy (non-hydrogen) atoms. The van der Waals surface area contributed by atoms with Gasteiger partial charge in [0, 0.05) is 6.54 Å². The highest BCUT2D eigenvalue weighted by atomic mass is 16.3. The van der Waals surface area contributed by atoms with Crippen LogP contribution in [-0.4, -0.2) is 14.7 Å². The van der Waals surface area contributed by atoms with Gasteiger partial charge in [0.25, 0.3) is 0 Å². The van der Waals surface area contributed by atoms with Gasteiger partial charge < -0.3 is 9.67 Å². The van der Waals surface area contributed by atoms with E-state index in [1.165, 1.54) is 25.7 Å². The Labute approximate surface area is 98.5 Å². The Balaban J connectivity index is 2.51. The molecular formula is C13H24N2O. The molecule has 0 aliphatic rings. The number of nitrogens with zero attached hydrogens (tertiary/aromatic N) is 2. The molecule has 3 nitrogen and oxygen atoms in total. The molecule has 0 amide bonds. The molecule has 0 aliphatic carbocycles. The molecule has 0 fully saturated rings. The lowest BCUT2D eigenvalue weighted by molar-refractivity contribution is 0.240. The third-order valence-electron chi connectivity index (χ3n) is 3.02. The molecule has 0 unspecified atom stereocenters. The van der Waals surface area contributed by atoms with Gasteiger partial charge in [-0.2, -0.15) is 0 Å². The number of imidazole rings is 1. The summed E-state index contributed by atoms with van der Waals surface area (Å²) in [6, 6.07) is 0. The Bertz CT molecular complexity index is 305. The Morgan fingerprint density at radius 2 is 2.12 bits per heavy atom. The van der Waals surface area contributed by atoms with Crippen LogP contribution < -0.4 is 0 Å². The van der Waals surface area contributed by atoms with Crippen LogP contribution in [0.3, 0.4) is 0 Å². The first-order chi connectivity index (χ1) is 7.59. The zero-order valence-corrected chi connectivity index (χ0v) is 10.7. The highest BCUT2D eigenvalue weighted by Gasteiger charge is 2.19. The average molecular weight is 224 g/mol. The molecule has 0 bridgehead atoms. The highest BCUT2D eigenvalue weighted by Crippen LogP contribution is 2.26. The van der Waals surface area contributed by atoms with Gasteiger partial charge in [0.1, 0.15) is 0 Å². The number of aliphatic hydroxyl groups is 1. The fourth-order valence-electron chi connectivity index (χ4n) is 2.02. The molecule has 0 aliphatic heterocycles. The summed E-state index contributed by atoms with van der Waals surface area (Å²) in [6.07, 6.45) is 8.63. The van der Waals surface area contributed by atoms with Gasteiger partial charge in [0.05, 0.1) is 24.8 Å². The van der Waals surface area contributed by atoms with E-state index in [9.17, 15) is 0 Å².